The number of nitrogens with zero attached hydrogens (tertiary/aromatic N) is 1. The van der Waals surface area contributed by atoms with Gasteiger partial charge in [0.05, 0.1) is 10.5 Å². The number of non-ortho nitro benzene ring substituents is 1. The highest BCUT2D eigenvalue weighted by Gasteiger charge is 2.23. The van der Waals surface area contributed by atoms with Gasteiger partial charge in [-0.05, 0) is 37.3 Å². The van der Waals surface area contributed by atoms with E-state index in [-0.39, 0.29) is 17.2 Å². The number of rotatable bonds is 6. The number of Topliss-reactive ketones (excluding diaryl/α,β-unsaturated/α-hetero) is 1. The van der Waals surface area contributed by atoms with Gasteiger partial charge in [-0.15, -0.1) is 0 Å². The molecule has 1 amide bonds. The molecule has 2 aromatic rings. The Balaban J connectivity index is 2.04. The molecule has 0 spiro atoms. The van der Waals surface area contributed by atoms with Gasteiger partial charge in [-0.3, -0.25) is 19.7 Å². The second kappa shape index (κ2) is 8.64. The molecule has 29 heavy (non-hydrogen) atoms. The van der Waals surface area contributed by atoms with Crippen molar-refractivity contribution < 1.29 is 24.0 Å². The standard InChI is InChI=1S/C21H22N2O6/c1-13(29-19(25)15-6-5-7-17(12-15)23(27)28)18(24)14-8-10-16(11-9-14)22-20(26)21(2,3)4/h5-13H,1-4H3,(H,22,26)/t13-/m1/s1. The Morgan fingerprint density at radius 3 is 2.21 bits per heavy atom. The second-order valence-corrected chi connectivity index (χ2v) is 7.50. The van der Waals surface area contributed by atoms with Crippen molar-refractivity contribution >= 4 is 29.0 Å². The molecule has 0 aliphatic heterocycles. The van der Waals surface area contributed by atoms with Crippen molar-refractivity contribution in [2.45, 2.75) is 33.8 Å². The third-order valence-electron chi connectivity index (χ3n) is 4.05. The van der Waals surface area contributed by atoms with Crippen LogP contribution in [0.2, 0.25) is 0 Å². The average Bonchev–Trinajstić information content (AvgIpc) is 2.67. The van der Waals surface area contributed by atoms with E-state index in [1.165, 1.54) is 37.3 Å². The van der Waals surface area contributed by atoms with Gasteiger partial charge in [0.1, 0.15) is 0 Å². The molecule has 2 aromatic carbocycles. The number of hydrogen-bond acceptors (Lipinski definition) is 6. The highest BCUT2D eigenvalue weighted by Crippen LogP contribution is 2.19. The van der Waals surface area contributed by atoms with Crippen LogP contribution in [0, 0.1) is 15.5 Å². The van der Waals surface area contributed by atoms with E-state index < -0.39 is 28.2 Å². The van der Waals surface area contributed by atoms with Gasteiger partial charge in [-0.2, -0.15) is 0 Å². The van der Waals surface area contributed by atoms with Gasteiger partial charge in [0, 0.05) is 28.8 Å². The molecular weight excluding hydrogens is 376 g/mol. The topological polar surface area (TPSA) is 116 Å². The quantitative estimate of drug-likeness (QED) is 0.340. The Labute approximate surface area is 168 Å². The molecule has 0 radical (unpaired) electrons. The fourth-order valence-corrected chi connectivity index (χ4v) is 2.30. The van der Waals surface area contributed by atoms with E-state index in [4.69, 9.17) is 4.74 Å². The van der Waals surface area contributed by atoms with Crippen LogP contribution in [0.15, 0.2) is 48.5 Å². The van der Waals surface area contributed by atoms with Crippen molar-refractivity contribution in [1.29, 1.82) is 0 Å². The van der Waals surface area contributed by atoms with Crippen LogP contribution in [-0.4, -0.2) is 28.7 Å². The van der Waals surface area contributed by atoms with Crippen molar-refractivity contribution in [3.8, 4) is 0 Å². The SMILES string of the molecule is C[C@@H](OC(=O)c1cccc([N+](=O)[O-])c1)C(=O)c1ccc(NC(=O)C(C)(C)C)cc1. The molecule has 0 bridgehead atoms. The maximum Gasteiger partial charge on any atom is 0.339 e. The van der Waals surface area contributed by atoms with E-state index in [2.05, 4.69) is 5.32 Å². The molecule has 1 N–H and O–H groups in total. The highest BCUT2D eigenvalue weighted by molar-refractivity contribution is 6.02. The summed E-state index contributed by atoms with van der Waals surface area (Å²) in [7, 11) is 0. The Kier molecular flexibility index (Phi) is 6.48. The molecule has 8 heteroatoms. The maximum absolute atomic E-state index is 12.5. The van der Waals surface area contributed by atoms with Crippen molar-refractivity contribution in [2.75, 3.05) is 5.32 Å². The molecule has 152 valence electrons. The Morgan fingerprint density at radius 1 is 1.03 bits per heavy atom. The van der Waals surface area contributed by atoms with Crippen molar-refractivity contribution in [3.63, 3.8) is 0 Å². The van der Waals surface area contributed by atoms with Crippen LogP contribution >= 0.6 is 0 Å². The molecule has 0 aliphatic rings. The van der Waals surface area contributed by atoms with E-state index in [0.29, 0.717) is 11.3 Å². The third-order valence-corrected chi connectivity index (χ3v) is 4.05. The number of nitro benzene ring substituents is 1. The summed E-state index contributed by atoms with van der Waals surface area (Å²) in [4.78, 5) is 46.9. The monoisotopic (exact) mass is 398 g/mol. The first kappa shape index (κ1) is 21.7. The Bertz CT molecular complexity index is 944. The van der Waals surface area contributed by atoms with E-state index >= 15 is 0 Å². The summed E-state index contributed by atoms with van der Waals surface area (Å²) in [5, 5.41) is 13.6. The van der Waals surface area contributed by atoms with Crippen molar-refractivity contribution in [1.82, 2.24) is 0 Å². The molecule has 0 aliphatic carbocycles. The van der Waals surface area contributed by atoms with Crippen molar-refractivity contribution in [3.05, 3.63) is 69.8 Å². The fraction of sp³-hybridized carbons (Fsp3) is 0.286. The Hall–Kier alpha value is -3.55. The van der Waals surface area contributed by atoms with Gasteiger partial charge in [-0.25, -0.2) is 4.79 Å². The fourth-order valence-electron chi connectivity index (χ4n) is 2.30. The zero-order valence-electron chi connectivity index (χ0n) is 16.6. The minimum absolute atomic E-state index is 0.0147. The van der Waals surface area contributed by atoms with Crippen LogP contribution in [0.5, 0.6) is 0 Å². The van der Waals surface area contributed by atoms with Gasteiger partial charge in [0.15, 0.2) is 6.10 Å². The molecule has 0 fully saturated rings. The predicted molar refractivity (Wildman–Crippen MR) is 107 cm³/mol. The summed E-state index contributed by atoms with van der Waals surface area (Å²) in [5.74, 6) is -1.42. The number of nitro groups is 1. The molecule has 0 aromatic heterocycles. The number of esters is 1. The average molecular weight is 398 g/mol. The lowest BCUT2D eigenvalue weighted by atomic mass is 9.95. The zero-order valence-corrected chi connectivity index (χ0v) is 16.6. The minimum Gasteiger partial charge on any atom is -0.451 e. The lowest BCUT2D eigenvalue weighted by Gasteiger charge is -2.18. The number of amides is 1. The first-order valence-corrected chi connectivity index (χ1v) is 8.90. The number of benzene rings is 2. The first-order chi connectivity index (χ1) is 13.5. The van der Waals surface area contributed by atoms with E-state index in [0.717, 1.165) is 6.07 Å². The summed E-state index contributed by atoms with van der Waals surface area (Å²) in [6.45, 7) is 6.79. The molecule has 0 unspecified atom stereocenters. The summed E-state index contributed by atoms with van der Waals surface area (Å²) in [6, 6.07) is 11.3. The lowest BCUT2D eigenvalue weighted by Crippen LogP contribution is -2.27. The van der Waals surface area contributed by atoms with Gasteiger partial charge >= 0.3 is 5.97 Å². The highest BCUT2D eigenvalue weighted by atomic mass is 16.6. The van der Waals surface area contributed by atoms with Crippen molar-refractivity contribution in [2.24, 2.45) is 5.41 Å². The van der Waals surface area contributed by atoms with Crippen LogP contribution in [-0.2, 0) is 9.53 Å². The van der Waals surface area contributed by atoms with Gasteiger partial charge < -0.3 is 10.1 Å². The number of ether oxygens (including phenoxy) is 1. The lowest BCUT2D eigenvalue weighted by molar-refractivity contribution is -0.384. The number of carbonyl (C=O) groups excluding carboxylic acids is 3. The van der Waals surface area contributed by atoms with Crippen LogP contribution in [0.1, 0.15) is 48.4 Å². The third kappa shape index (κ3) is 5.71. The summed E-state index contributed by atoms with van der Waals surface area (Å²) < 4.78 is 5.15. The van der Waals surface area contributed by atoms with E-state index in [1.807, 2.05) is 0 Å². The first-order valence-electron chi connectivity index (χ1n) is 8.90. The van der Waals surface area contributed by atoms with Crippen LogP contribution in [0.4, 0.5) is 11.4 Å². The number of carbonyl (C=O) groups is 3. The second-order valence-electron chi connectivity index (χ2n) is 7.50. The molecule has 8 nitrogen and oxygen atoms in total. The summed E-state index contributed by atoms with van der Waals surface area (Å²) in [6.07, 6.45) is -1.09. The Morgan fingerprint density at radius 2 is 1.66 bits per heavy atom. The minimum atomic E-state index is -1.09. The number of nitrogens with one attached hydrogen (secondary N) is 1. The van der Waals surface area contributed by atoms with Gasteiger partial charge in [0.2, 0.25) is 11.7 Å². The predicted octanol–water partition coefficient (Wildman–Crippen LogP) is 4.01. The number of anilines is 1. The summed E-state index contributed by atoms with van der Waals surface area (Å²) in [5.41, 5.74) is 0.0372. The molecular formula is C21H22N2O6. The normalized spacial score (nSPS) is 12.0. The summed E-state index contributed by atoms with van der Waals surface area (Å²) >= 11 is 0. The maximum atomic E-state index is 12.5. The van der Waals surface area contributed by atoms with E-state index in [1.54, 1.807) is 32.9 Å². The molecule has 0 heterocycles. The number of ketones is 1. The zero-order chi connectivity index (χ0) is 21.8. The molecule has 1 atom stereocenters. The van der Waals surface area contributed by atoms with Gasteiger partial charge in [0.25, 0.3) is 5.69 Å². The van der Waals surface area contributed by atoms with Crippen LogP contribution < -0.4 is 5.32 Å². The van der Waals surface area contributed by atoms with E-state index in [9.17, 15) is 24.5 Å². The van der Waals surface area contributed by atoms with Gasteiger partial charge in [-0.1, -0.05) is 26.8 Å². The van der Waals surface area contributed by atoms with Crippen LogP contribution in [0.25, 0.3) is 0 Å². The molecule has 0 saturated carbocycles. The largest absolute Gasteiger partial charge is 0.451 e. The molecule has 0 saturated heterocycles. The molecule has 2 rings (SSSR count). The smallest absolute Gasteiger partial charge is 0.339 e. The number of hydrogen-bond donors (Lipinski definition) is 1. The van der Waals surface area contributed by atoms with Crippen LogP contribution in [0.3, 0.4) is 0 Å².